The largest absolute Gasteiger partial charge is 0.444 e. The van der Waals surface area contributed by atoms with Gasteiger partial charge in [0.25, 0.3) is 5.91 Å². The molecule has 1 unspecified atom stereocenters. The van der Waals surface area contributed by atoms with Crippen LogP contribution in [0.3, 0.4) is 0 Å². The number of aromatic nitrogens is 2. The predicted octanol–water partition coefficient (Wildman–Crippen LogP) is 4.71. The van der Waals surface area contributed by atoms with E-state index in [1.807, 2.05) is 37.8 Å². The van der Waals surface area contributed by atoms with Gasteiger partial charge in [0.15, 0.2) is 0 Å². The van der Waals surface area contributed by atoms with Crippen molar-refractivity contribution in [2.24, 2.45) is 0 Å². The summed E-state index contributed by atoms with van der Waals surface area (Å²) >= 11 is 6.47. The lowest BCUT2D eigenvalue weighted by atomic mass is 9.90. The number of hydrogen-bond donors (Lipinski definition) is 0. The van der Waals surface area contributed by atoms with Crippen molar-refractivity contribution in [3.63, 3.8) is 0 Å². The van der Waals surface area contributed by atoms with Crippen molar-refractivity contribution in [1.82, 2.24) is 19.8 Å². The van der Waals surface area contributed by atoms with Crippen LogP contribution < -0.4 is 0 Å². The predicted molar refractivity (Wildman–Crippen MR) is 122 cm³/mol. The van der Waals surface area contributed by atoms with Crippen molar-refractivity contribution in [1.29, 1.82) is 0 Å². The fraction of sp³-hybridized carbons (Fsp3) is 0.500. The number of carbonyl (C=O) groups excluding carboxylic acids is 2. The van der Waals surface area contributed by atoms with Crippen LogP contribution in [0.5, 0.6) is 0 Å². The first kappa shape index (κ1) is 22.5. The number of nitrogens with zero attached hydrogens (tertiary/aromatic N) is 4. The number of hydrogen-bond acceptors (Lipinski definition) is 5. The second-order valence-electron chi connectivity index (χ2n) is 9.46. The molecule has 0 aliphatic carbocycles. The summed E-state index contributed by atoms with van der Waals surface area (Å²) in [5.74, 6) is 0.540. The van der Waals surface area contributed by atoms with Crippen molar-refractivity contribution >= 4 is 23.6 Å². The first-order valence-corrected chi connectivity index (χ1v) is 11.4. The molecule has 1 aromatic carbocycles. The van der Waals surface area contributed by atoms with Crippen LogP contribution in [0, 0.1) is 6.92 Å². The highest BCUT2D eigenvalue weighted by atomic mass is 35.5. The van der Waals surface area contributed by atoms with Gasteiger partial charge in [0.2, 0.25) is 0 Å². The second-order valence-corrected chi connectivity index (χ2v) is 9.90. The minimum Gasteiger partial charge on any atom is -0.444 e. The zero-order valence-corrected chi connectivity index (χ0v) is 19.8. The first-order valence-electron chi connectivity index (χ1n) is 11.0. The van der Waals surface area contributed by atoms with Gasteiger partial charge in [-0.3, -0.25) is 4.79 Å². The quantitative estimate of drug-likeness (QED) is 0.654. The van der Waals surface area contributed by atoms with Crippen molar-refractivity contribution in [2.75, 3.05) is 13.1 Å². The molecule has 4 rings (SSSR count). The van der Waals surface area contributed by atoms with Crippen LogP contribution in [-0.4, -0.2) is 50.5 Å². The lowest BCUT2D eigenvalue weighted by Crippen LogP contribution is -2.39. The van der Waals surface area contributed by atoms with Gasteiger partial charge < -0.3 is 14.5 Å². The van der Waals surface area contributed by atoms with Gasteiger partial charge in [-0.15, -0.1) is 0 Å². The van der Waals surface area contributed by atoms with Gasteiger partial charge in [0, 0.05) is 37.1 Å². The smallest absolute Gasteiger partial charge is 0.410 e. The molecule has 0 N–H and O–H groups in total. The third kappa shape index (κ3) is 4.72. The van der Waals surface area contributed by atoms with E-state index in [-0.39, 0.29) is 18.0 Å². The zero-order valence-electron chi connectivity index (χ0n) is 19.0. The number of halogens is 1. The van der Waals surface area contributed by atoms with Gasteiger partial charge in [-0.2, -0.15) is 0 Å². The molecule has 3 heterocycles. The molecule has 0 saturated carbocycles. The Kier molecular flexibility index (Phi) is 6.12. The minimum atomic E-state index is -0.558. The molecule has 2 aromatic rings. The van der Waals surface area contributed by atoms with E-state index in [0.717, 1.165) is 29.5 Å². The molecule has 8 heteroatoms. The third-order valence-corrected chi connectivity index (χ3v) is 6.11. The molecule has 1 aromatic heterocycles. The second kappa shape index (κ2) is 8.70. The Balaban J connectivity index is 1.63. The maximum atomic E-state index is 13.1. The molecule has 2 aliphatic rings. The summed E-state index contributed by atoms with van der Waals surface area (Å²) in [5, 5.41) is 0.654. The van der Waals surface area contributed by atoms with E-state index in [9.17, 15) is 9.59 Å². The molecule has 1 saturated heterocycles. The Bertz CT molecular complexity index is 1030. The molecular weight excluding hydrogens is 428 g/mol. The van der Waals surface area contributed by atoms with Crippen LogP contribution in [-0.2, 0) is 17.7 Å². The number of carbonyl (C=O) groups is 2. The summed E-state index contributed by atoms with van der Waals surface area (Å²) in [6.45, 7) is 9.11. The molecule has 2 aliphatic heterocycles. The molecule has 2 amide bonds. The van der Waals surface area contributed by atoms with Crippen molar-refractivity contribution in [3.05, 3.63) is 57.6 Å². The standard InChI is InChI=1S/C24H29ClN4O3/c1-15-26-12-17(13-27-15)22(30)28-9-7-16-10-18(25)11-19(20(16)14-28)21-6-5-8-29(21)23(31)32-24(2,3)4/h10-13,21H,5-9,14H2,1-4H3. The van der Waals surface area contributed by atoms with E-state index in [0.29, 0.717) is 42.5 Å². The Morgan fingerprint density at radius 3 is 2.56 bits per heavy atom. The average Bonchev–Trinajstić information content (AvgIpc) is 3.21. The van der Waals surface area contributed by atoms with Crippen molar-refractivity contribution in [3.8, 4) is 0 Å². The molecule has 1 atom stereocenters. The molecule has 32 heavy (non-hydrogen) atoms. The Hall–Kier alpha value is -2.67. The molecule has 7 nitrogen and oxygen atoms in total. The third-order valence-electron chi connectivity index (χ3n) is 5.90. The fourth-order valence-electron chi connectivity index (χ4n) is 4.44. The summed E-state index contributed by atoms with van der Waals surface area (Å²) in [7, 11) is 0. The Labute approximate surface area is 193 Å². The van der Waals surface area contributed by atoms with Crippen molar-refractivity contribution < 1.29 is 14.3 Å². The van der Waals surface area contributed by atoms with Crippen molar-refractivity contribution in [2.45, 2.75) is 65.1 Å². The number of aryl methyl sites for hydroxylation is 1. The van der Waals surface area contributed by atoms with E-state index in [1.54, 1.807) is 24.2 Å². The highest BCUT2D eigenvalue weighted by Gasteiger charge is 2.36. The van der Waals surface area contributed by atoms with Gasteiger partial charge in [0.1, 0.15) is 11.4 Å². The highest BCUT2D eigenvalue weighted by molar-refractivity contribution is 6.30. The SMILES string of the molecule is Cc1ncc(C(=O)N2CCc3cc(Cl)cc(C4CCCN4C(=O)OC(C)(C)C)c3C2)cn1. The number of benzene rings is 1. The number of rotatable bonds is 2. The highest BCUT2D eigenvalue weighted by Crippen LogP contribution is 2.39. The lowest BCUT2D eigenvalue weighted by Gasteiger charge is -2.34. The van der Waals surface area contributed by atoms with Gasteiger partial charge in [0.05, 0.1) is 11.6 Å². The first-order chi connectivity index (χ1) is 15.1. The van der Waals surface area contributed by atoms with Crippen LogP contribution in [0.15, 0.2) is 24.5 Å². The Morgan fingerprint density at radius 1 is 1.16 bits per heavy atom. The van der Waals surface area contributed by atoms with E-state index in [1.165, 1.54) is 0 Å². The fourth-order valence-corrected chi connectivity index (χ4v) is 4.69. The minimum absolute atomic E-state index is 0.0908. The summed E-state index contributed by atoms with van der Waals surface area (Å²) < 4.78 is 5.65. The van der Waals surface area contributed by atoms with Gasteiger partial charge in [-0.25, -0.2) is 14.8 Å². The monoisotopic (exact) mass is 456 g/mol. The zero-order chi connectivity index (χ0) is 23.0. The van der Waals surface area contributed by atoms with Gasteiger partial charge in [-0.1, -0.05) is 11.6 Å². The van der Waals surface area contributed by atoms with E-state index in [4.69, 9.17) is 16.3 Å². The number of fused-ring (bicyclic) bond motifs is 1. The maximum absolute atomic E-state index is 13.1. The van der Waals surface area contributed by atoms with Gasteiger partial charge >= 0.3 is 6.09 Å². The van der Waals surface area contributed by atoms with E-state index >= 15 is 0 Å². The normalized spacial score (nSPS) is 18.5. The summed E-state index contributed by atoms with van der Waals surface area (Å²) in [6, 6.07) is 3.80. The van der Waals surface area contributed by atoms with E-state index < -0.39 is 5.60 Å². The molecule has 170 valence electrons. The summed E-state index contributed by atoms with van der Waals surface area (Å²) in [5.41, 5.74) is 3.13. The molecular formula is C24H29ClN4O3. The molecule has 0 spiro atoms. The number of likely N-dealkylation sites (tertiary alicyclic amines) is 1. The molecule has 0 radical (unpaired) electrons. The number of amides is 2. The van der Waals surface area contributed by atoms with E-state index in [2.05, 4.69) is 9.97 Å². The van der Waals surface area contributed by atoms with Gasteiger partial charge in [-0.05, 0) is 75.8 Å². The van der Waals surface area contributed by atoms with Crippen LogP contribution in [0.4, 0.5) is 4.79 Å². The topological polar surface area (TPSA) is 75.6 Å². The summed E-state index contributed by atoms with van der Waals surface area (Å²) in [4.78, 5) is 37.9. The molecule has 0 bridgehead atoms. The lowest BCUT2D eigenvalue weighted by molar-refractivity contribution is 0.0222. The van der Waals surface area contributed by atoms with Crippen LogP contribution >= 0.6 is 11.6 Å². The Morgan fingerprint density at radius 2 is 1.88 bits per heavy atom. The number of ether oxygens (including phenoxy) is 1. The average molecular weight is 457 g/mol. The van der Waals surface area contributed by atoms with Crippen LogP contribution in [0.25, 0.3) is 0 Å². The van der Waals surface area contributed by atoms with Crippen LogP contribution in [0.1, 0.15) is 72.5 Å². The molecule has 1 fully saturated rings. The van der Waals surface area contributed by atoms with Crippen LogP contribution in [0.2, 0.25) is 5.02 Å². The summed E-state index contributed by atoms with van der Waals surface area (Å²) in [6.07, 6.45) is 5.28. The maximum Gasteiger partial charge on any atom is 0.410 e.